The van der Waals surface area contributed by atoms with Crippen LogP contribution in [-0.4, -0.2) is 49.7 Å². The van der Waals surface area contributed by atoms with Crippen molar-refractivity contribution in [3.8, 4) is 28.1 Å². The van der Waals surface area contributed by atoms with Crippen LogP contribution in [0.15, 0.2) is 30.6 Å². The van der Waals surface area contributed by atoms with Gasteiger partial charge in [-0.25, -0.2) is 8.78 Å². The Morgan fingerprint density at radius 1 is 1.03 bits per heavy atom. The molecule has 2 fully saturated rings. The minimum atomic E-state index is -0.575. The van der Waals surface area contributed by atoms with Crippen molar-refractivity contribution in [2.45, 2.75) is 56.7 Å². The smallest absolute Gasteiger partial charge is 0.187 e. The first-order valence-corrected chi connectivity index (χ1v) is 10.7. The number of aromatic nitrogens is 4. The number of benzene rings is 1. The third-order valence-electron chi connectivity index (χ3n) is 6.99. The van der Waals surface area contributed by atoms with Gasteiger partial charge in [-0.15, -0.1) is 10.2 Å². The van der Waals surface area contributed by atoms with E-state index in [2.05, 4.69) is 39.6 Å². The number of nitrogens with zero attached hydrogens (tertiary/aromatic N) is 4. The Bertz CT molecular complexity index is 1150. The molecular formula is C23H26F2N6O. The molecule has 3 atom stereocenters. The molecule has 9 heteroatoms. The normalized spacial score (nSPS) is 27.0. The lowest BCUT2D eigenvalue weighted by Gasteiger charge is -2.45. The van der Waals surface area contributed by atoms with E-state index in [9.17, 15) is 9.50 Å². The maximum Gasteiger partial charge on any atom is 0.187 e. The van der Waals surface area contributed by atoms with Gasteiger partial charge in [-0.2, -0.15) is 5.10 Å². The zero-order valence-electron chi connectivity index (χ0n) is 18.3. The molecule has 0 radical (unpaired) electrons. The molecular weight excluding hydrogens is 414 g/mol. The Balaban J connectivity index is 1.43. The molecule has 0 saturated carbocycles. The molecule has 2 aliphatic heterocycles. The highest BCUT2D eigenvalue weighted by atomic mass is 19.1. The fraction of sp³-hybridized carbons (Fsp3) is 0.435. The van der Waals surface area contributed by atoms with Crippen molar-refractivity contribution in [1.29, 1.82) is 0 Å². The van der Waals surface area contributed by atoms with E-state index in [1.807, 2.05) is 11.9 Å². The fourth-order valence-corrected chi connectivity index (χ4v) is 5.39. The summed E-state index contributed by atoms with van der Waals surface area (Å²) in [6, 6.07) is 3.74. The van der Waals surface area contributed by atoms with E-state index in [4.69, 9.17) is 0 Å². The van der Waals surface area contributed by atoms with Gasteiger partial charge in [0.1, 0.15) is 11.6 Å². The second-order valence-corrected chi connectivity index (χ2v) is 9.66. The lowest BCUT2D eigenvalue weighted by molar-refractivity contribution is 0.207. The molecule has 3 N–H and O–H groups in total. The average molecular weight is 440 g/mol. The number of anilines is 1. The number of piperidine rings is 1. The number of aromatic amines is 1. The number of phenolic OH excluding ortho intramolecular Hbond substituents is 1. The summed E-state index contributed by atoms with van der Waals surface area (Å²) in [5, 5.41) is 28.8. The lowest BCUT2D eigenvalue weighted by atomic mass is 9.84. The van der Waals surface area contributed by atoms with Crippen molar-refractivity contribution in [1.82, 2.24) is 25.7 Å². The van der Waals surface area contributed by atoms with Crippen LogP contribution in [0.4, 0.5) is 14.6 Å². The molecule has 3 aromatic rings. The van der Waals surface area contributed by atoms with Crippen LogP contribution in [0, 0.1) is 11.6 Å². The van der Waals surface area contributed by atoms with E-state index in [1.54, 1.807) is 0 Å². The van der Waals surface area contributed by atoms with Crippen LogP contribution in [0.2, 0.25) is 0 Å². The number of fused-ring (bicyclic) bond motifs is 2. The number of phenols is 1. The number of H-pyrrole nitrogens is 1. The zero-order valence-corrected chi connectivity index (χ0v) is 18.3. The third-order valence-corrected chi connectivity index (χ3v) is 6.99. The maximum atomic E-state index is 15.1. The molecule has 32 heavy (non-hydrogen) atoms. The van der Waals surface area contributed by atoms with Crippen molar-refractivity contribution >= 4 is 5.82 Å². The first-order valence-electron chi connectivity index (χ1n) is 10.7. The average Bonchev–Trinajstić information content (AvgIpc) is 3.34. The molecule has 1 aromatic carbocycles. The molecule has 2 aromatic heterocycles. The van der Waals surface area contributed by atoms with Crippen LogP contribution in [0.5, 0.6) is 5.75 Å². The van der Waals surface area contributed by atoms with Crippen LogP contribution in [0.1, 0.15) is 39.5 Å². The van der Waals surface area contributed by atoms with Crippen molar-refractivity contribution in [3.63, 3.8) is 0 Å². The van der Waals surface area contributed by atoms with Gasteiger partial charge in [0, 0.05) is 53.1 Å². The summed E-state index contributed by atoms with van der Waals surface area (Å²) in [5.74, 6) is -1.19. The number of hydrogen-bond acceptors (Lipinski definition) is 6. The standard InChI is InChI=1S/C23H26F2N6O/c1-22-4-5-23(2,30-22)10-14(9-22)31(3)21-18(25)8-19(28-29-21)16-6-17(24)15(7-20(16)32)13-11-26-27-12-13/h6-8,11-12,14,30,32H,4-5,9-10H2,1-3H3,(H,26,27)/t14-,22+,23-. The van der Waals surface area contributed by atoms with Gasteiger partial charge < -0.3 is 15.3 Å². The van der Waals surface area contributed by atoms with Crippen LogP contribution >= 0.6 is 0 Å². The minimum Gasteiger partial charge on any atom is -0.507 e. The van der Waals surface area contributed by atoms with Crippen LogP contribution < -0.4 is 10.2 Å². The molecule has 4 heterocycles. The summed E-state index contributed by atoms with van der Waals surface area (Å²) >= 11 is 0. The summed E-state index contributed by atoms with van der Waals surface area (Å²) in [6.07, 6.45) is 6.96. The van der Waals surface area contributed by atoms with E-state index in [0.29, 0.717) is 5.56 Å². The highest BCUT2D eigenvalue weighted by Gasteiger charge is 2.49. The summed E-state index contributed by atoms with van der Waals surface area (Å²) in [6.45, 7) is 4.43. The van der Waals surface area contributed by atoms with E-state index >= 15 is 4.39 Å². The van der Waals surface area contributed by atoms with E-state index in [-0.39, 0.29) is 45.5 Å². The molecule has 7 nitrogen and oxygen atoms in total. The highest BCUT2D eigenvalue weighted by molar-refractivity contribution is 5.74. The monoisotopic (exact) mass is 440 g/mol. The largest absolute Gasteiger partial charge is 0.507 e. The van der Waals surface area contributed by atoms with E-state index < -0.39 is 11.6 Å². The molecule has 0 spiro atoms. The molecule has 0 unspecified atom stereocenters. The minimum absolute atomic E-state index is 0.0375. The van der Waals surface area contributed by atoms with Crippen molar-refractivity contribution < 1.29 is 13.9 Å². The number of hydrogen-bond donors (Lipinski definition) is 3. The predicted octanol–water partition coefficient (Wildman–Crippen LogP) is 4.02. The molecule has 168 valence electrons. The van der Waals surface area contributed by atoms with Gasteiger partial charge in [0.15, 0.2) is 11.6 Å². The van der Waals surface area contributed by atoms with Crippen LogP contribution in [-0.2, 0) is 0 Å². The summed E-state index contributed by atoms with van der Waals surface area (Å²) in [5.41, 5.74) is 0.907. The first kappa shape index (κ1) is 20.8. The van der Waals surface area contributed by atoms with Gasteiger partial charge in [-0.3, -0.25) is 5.10 Å². The SMILES string of the molecule is CN(c1nnc(-c2cc(F)c(-c3cn[nH]c3)cc2O)cc1F)[C@@H]1C[C@]2(C)CC[C@](C)(C1)N2. The summed E-state index contributed by atoms with van der Waals surface area (Å²) in [4.78, 5) is 1.86. The topological polar surface area (TPSA) is 90.0 Å². The second kappa shape index (κ2) is 7.23. The molecule has 5 rings (SSSR count). The predicted molar refractivity (Wildman–Crippen MR) is 117 cm³/mol. The van der Waals surface area contributed by atoms with E-state index in [1.165, 1.54) is 24.5 Å². The molecule has 0 aliphatic carbocycles. The number of halogens is 2. The number of nitrogens with one attached hydrogen (secondary N) is 2. The third kappa shape index (κ3) is 3.50. The lowest BCUT2D eigenvalue weighted by Crippen LogP contribution is -2.58. The highest BCUT2D eigenvalue weighted by Crippen LogP contribution is 2.44. The summed E-state index contributed by atoms with van der Waals surface area (Å²) in [7, 11) is 1.84. The van der Waals surface area contributed by atoms with Crippen molar-refractivity contribution in [2.24, 2.45) is 0 Å². The number of rotatable bonds is 4. The molecule has 2 aliphatic rings. The van der Waals surface area contributed by atoms with Gasteiger partial charge >= 0.3 is 0 Å². The quantitative estimate of drug-likeness (QED) is 0.568. The summed E-state index contributed by atoms with van der Waals surface area (Å²) < 4.78 is 29.8. The maximum absolute atomic E-state index is 15.1. The molecule has 2 saturated heterocycles. The van der Waals surface area contributed by atoms with Crippen LogP contribution in [0.25, 0.3) is 22.4 Å². The zero-order chi connectivity index (χ0) is 22.7. The Labute approximate surface area is 184 Å². The second-order valence-electron chi connectivity index (χ2n) is 9.66. The van der Waals surface area contributed by atoms with Gasteiger partial charge in [0.2, 0.25) is 0 Å². The Hall–Kier alpha value is -3.07. The van der Waals surface area contributed by atoms with E-state index in [0.717, 1.165) is 31.7 Å². The van der Waals surface area contributed by atoms with Gasteiger partial charge in [0.25, 0.3) is 0 Å². The van der Waals surface area contributed by atoms with Gasteiger partial charge in [-0.05, 0) is 51.7 Å². The Morgan fingerprint density at radius 2 is 1.75 bits per heavy atom. The van der Waals surface area contributed by atoms with Crippen molar-refractivity contribution in [2.75, 3.05) is 11.9 Å². The first-order chi connectivity index (χ1) is 15.2. The molecule has 0 amide bonds. The Morgan fingerprint density at radius 3 is 2.38 bits per heavy atom. The molecule has 2 bridgehead atoms. The van der Waals surface area contributed by atoms with Crippen LogP contribution in [0.3, 0.4) is 0 Å². The fourth-order valence-electron chi connectivity index (χ4n) is 5.39. The van der Waals surface area contributed by atoms with Gasteiger partial charge in [-0.1, -0.05) is 0 Å². The number of aromatic hydroxyl groups is 1. The van der Waals surface area contributed by atoms with Crippen molar-refractivity contribution in [3.05, 3.63) is 42.2 Å². The Kier molecular flexibility index (Phi) is 4.70. The van der Waals surface area contributed by atoms with Gasteiger partial charge in [0.05, 0.1) is 11.9 Å².